The number of hydrogen-bond acceptors (Lipinski definition) is 1. The normalized spacial score (nSPS) is 14.8. The van der Waals surface area contributed by atoms with E-state index in [-0.39, 0.29) is 5.41 Å². The summed E-state index contributed by atoms with van der Waals surface area (Å²) in [5.41, 5.74) is 8.21. The van der Waals surface area contributed by atoms with E-state index < -0.39 is 0 Å². The van der Waals surface area contributed by atoms with Crippen LogP contribution in [0, 0.1) is 0 Å². The number of aromatic nitrogens is 1. The quantitative estimate of drug-likeness (QED) is 0.306. The minimum absolute atomic E-state index is 0.161. The van der Waals surface area contributed by atoms with Gasteiger partial charge in [0, 0.05) is 29.2 Å². The molecule has 0 saturated heterocycles. The Labute approximate surface area is 198 Å². The zero-order valence-corrected chi connectivity index (χ0v) is 20.4. The molecule has 4 aromatic rings. The molecule has 1 saturated carbocycles. The van der Waals surface area contributed by atoms with Crippen molar-refractivity contribution in [1.82, 2.24) is 4.57 Å². The maximum Gasteiger partial charge on any atom is 0.119 e. The molecule has 170 valence electrons. The van der Waals surface area contributed by atoms with Crippen LogP contribution in [0.2, 0.25) is 0 Å². The van der Waals surface area contributed by atoms with Crippen molar-refractivity contribution in [3.05, 3.63) is 89.6 Å². The highest BCUT2D eigenvalue weighted by atomic mass is 16.5. The van der Waals surface area contributed by atoms with E-state index in [0.29, 0.717) is 5.92 Å². The largest absolute Gasteiger partial charge is 0.497 e. The van der Waals surface area contributed by atoms with Crippen LogP contribution >= 0.6 is 0 Å². The summed E-state index contributed by atoms with van der Waals surface area (Å²) in [5, 5.41) is 1.37. The Hall–Kier alpha value is -3.00. The predicted molar refractivity (Wildman–Crippen MR) is 139 cm³/mol. The molecule has 1 aromatic heterocycles. The van der Waals surface area contributed by atoms with Crippen molar-refractivity contribution in [2.75, 3.05) is 7.11 Å². The predicted octanol–water partition coefficient (Wildman–Crippen LogP) is 8.32. The van der Waals surface area contributed by atoms with Crippen molar-refractivity contribution in [3.63, 3.8) is 0 Å². The van der Waals surface area contributed by atoms with Gasteiger partial charge in [-0.1, -0.05) is 76.1 Å². The third kappa shape index (κ3) is 4.44. The van der Waals surface area contributed by atoms with Gasteiger partial charge in [0.2, 0.25) is 0 Å². The molecule has 1 aliphatic rings. The molecule has 0 aliphatic heterocycles. The molecule has 0 amide bonds. The topological polar surface area (TPSA) is 14.2 Å². The minimum Gasteiger partial charge on any atom is -0.497 e. The van der Waals surface area contributed by atoms with Crippen LogP contribution in [-0.2, 0) is 12.0 Å². The molecule has 33 heavy (non-hydrogen) atoms. The lowest BCUT2D eigenvalue weighted by Crippen LogP contribution is -2.10. The van der Waals surface area contributed by atoms with Gasteiger partial charge < -0.3 is 9.30 Å². The fraction of sp³-hybridized carbons (Fsp3) is 0.355. The average Bonchev–Trinajstić information content (AvgIpc) is 3.47. The maximum atomic E-state index is 5.46. The van der Waals surface area contributed by atoms with E-state index in [1.165, 1.54) is 64.4 Å². The lowest BCUT2D eigenvalue weighted by molar-refractivity contribution is 0.414. The molecule has 2 nitrogen and oxygen atoms in total. The Morgan fingerprint density at radius 2 is 1.67 bits per heavy atom. The van der Waals surface area contributed by atoms with Crippen LogP contribution in [0.1, 0.15) is 69.1 Å². The van der Waals surface area contributed by atoms with Gasteiger partial charge in [-0.2, -0.15) is 0 Å². The zero-order chi connectivity index (χ0) is 23.0. The van der Waals surface area contributed by atoms with Crippen molar-refractivity contribution in [2.24, 2.45) is 0 Å². The Morgan fingerprint density at radius 3 is 2.36 bits per heavy atom. The van der Waals surface area contributed by atoms with Gasteiger partial charge in [-0.3, -0.25) is 0 Å². The highest BCUT2D eigenvalue weighted by Crippen LogP contribution is 2.39. The van der Waals surface area contributed by atoms with E-state index in [1.54, 1.807) is 7.11 Å². The van der Waals surface area contributed by atoms with Crippen molar-refractivity contribution in [1.29, 1.82) is 0 Å². The number of rotatable bonds is 5. The molecule has 0 spiro atoms. The second kappa shape index (κ2) is 8.74. The second-order valence-corrected chi connectivity index (χ2v) is 10.6. The third-order valence-corrected chi connectivity index (χ3v) is 7.28. The van der Waals surface area contributed by atoms with Gasteiger partial charge in [0.25, 0.3) is 0 Å². The summed E-state index contributed by atoms with van der Waals surface area (Å²) >= 11 is 0. The molecule has 0 atom stereocenters. The molecule has 2 heteroatoms. The van der Waals surface area contributed by atoms with E-state index in [9.17, 15) is 0 Å². The molecule has 0 bridgehead atoms. The fourth-order valence-electron chi connectivity index (χ4n) is 5.31. The first-order chi connectivity index (χ1) is 15.9. The molecule has 1 heterocycles. The molecule has 0 unspecified atom stereocenters. The van der Waals surface area contributed by atoms with Crippen LogP contribution in [-0.4, -0.2) is 11.7 Å². The summed E-state index contributed by atoms with van der Waals surface area (Å²) in [6, 6.07) is 24.8. The highest BCUT2D eigenvalue weighted by Gasteiger charge is 2.20. The van der Waals surface area contributed by atoms with Crippen LogP contribution in [0.3, 0.4) is 0 Å². The van der Waals surface area contributed by atoms with Crippen molar-refractivity contribution in [2.45, 2.75) is 64.3 Å². The number of nitrogens with zero attached hydrogens (tertiary/aromatic N) is 1. The number of fused-ring (bicyclic) bond motifs is 1. The van der Waals surface area contributed by atoms with Crippen molar-refractivity contribution in [3.8, 4) is 16.9 Å². The molecular weight excluding hydrogens is 402 g/mol. The minimum atomic E-state index is 0.161. The van der Waals surface area contributed by atoms with Crippen LogP contribution in [0.5, 0.6) is 5.75 Å². The van der Waals surface area contributed by atoms with E-state index in [4.69, 9.17) is 4.74 Å². The van der Waals surface area contributed by atoms with Crippen molar-refractivity contribution < 1.29 is 4.74 Å². The molecule has 1 fully saturated rings. The molecule has 1 aliphatic carbocycles. The van der Waals surface area contributed by atoms with Crippen LogP contribution in [0.4, 0.5) is 0 Å². The average molecular weight is 438 g/mol. The van der Waals surface area contributed by atoms with Gasteiger partial charge in [0.15, 0.2) is 0 Å². The summed E-state index contributed by atoms with van der Waals surface area (Å²) in [5.74, 6) is 1.62. The van der Waals surface area contributed by atoms with Gasteiger partial charge in [0.1, 0.15) is 5.75 Å². The van der Waals surface area contributed by atoms with Gasteiger partial charge in [0.05, 0.1) is 7.11 Å². The highest BCUT2D eigenvalue weighted by molar-refractivity contribution is 5.96. The second-order valence-electron chi connectivity index (χ2n) is 10.6. The fourth-order valence-corrected chi connectivity index (χ4v) is 5.31. The Bertz CT molecular complexity index is 1250. The van der Waals surface area contributed by atoms with Gasteiger partial charge in [-0.15, -0.1) is 0 Å². The SMILES string of the molecule is COc1cccc(Cn2cc(-c3ccc(C(C)(C)C)cc3)c3cc(C4CCCC4)ccc32)c1. The van der Waals surface area contributed by atoms with Crippen molar-refractivity contribution >= 4 is 10.9 Å². The Kier molecular flexibility index (Phi) is 5.78. The number of hydrogen-bond donors (Lipinski definition) is 0. The Balaban J connectivity index is 1.60. The number of methoxy groups -OCH3 is 1. The first-order valence-corrected chi connectivity index (χ1v) is 12.3. The van der Waals surface area contributed by atoms with Crippen LogP contribution in [0.15, 0.2) is 72.9 Å². The van der Waals surface area contributed by atoms with E-state index >= 15 is 0 Å². The van der Waals surface area contributed by atoms with E-state index in [0.717, 1.165) is 12.3 Å². The standard InChI is InChI=1S/C31H35NO/c1-31(2,3)26-15-12-24(13-16-26)29-21-32(20-22-8-7-11-27(18-22)33-4)30-17-14-25(19-28(29)30)23-9-5-6-10-23/h7-8,11-19,21,23H,5-6,9-10,20H2,1-4H3. The monoisotopic (exact) mass is 437 g/mol. The lowest BCUT2D eigenvalue weighted by atomic mass is 9.86. The third-order valence-electron chi connectivity index (χ3n) is 7.28. The van der Waals surface area contributed by atoms with Crippen LogP contribution in [0.25, 0.3) is 22.0 Å². The van der Waals surface area contributed by atoms with Gasteiger partial charge in [-0.05, 0) is 70.7 Å². The first-order valence-electron chi connectivity index (χ1n) is 12.3. The van der Waals surface area contributed by atoms with Gasteiger partial charge >= 0.3 is 0 Å². The lowest BCUT2D eigenvalue weighted by Gasteiger charge is -2.19. The summed E-state index contributed by atoms with van der Waals surface area (Å²) < 4.78 is 7.85. The first kappa shape index (κ1) is 21.8. The molecule has 0 N–H and O–H groups in total. The van der Waals surface area contributed by atoms with Crippen LogP contribution < -0.4 is 4.74 Å². The smallest absolute Gasteiger partial charge is 0.119 e. The Morgan fingerprint density at radius 1 is 0.909 bits per heavy atom. The number of ether oxygens (including phenoxy) is 1. The molecular formula is C31H35NO. The summed E-state index contributed by atoms with van der Waals surface area (Å²) in [6.45, 7) is 7.65. The number of benzene rings is 3. The van der Waals surface area contributed by atoms with E-state index in [1.807, 2.05) is 6.07 Å². The molecule has 0 radical (unpaired) electrons. The summed E-state index contributed by atoms with van der Waals surface area (Å²) in [7, 11) is 1.73. The van der Waals surface area contributed by atoms with E-state index in [2.05, 4.69) is 92.2 Å². The molecule has 5 rings (SSSR count). The summed E-state index contributed by atoms with van der Waals surface area (Å²) in [4.78, 5) is 0. The van der Waals surface area contributed by atoms with Gasteiger partial charge in [-0.25, -0.2) is 0 Å². The summed E-state index contributed by atoms with van der Waals surface area (Å²) in [6.07, 6.45) is 7.72. The molecule has 3 aromatic carbocycles. The maximum absolute atomic E-state index is 5.46. The zero-order valence-electron chi connectivity index (χ0n) is 20.4.